The first-order valence-corrected chi connectivity index (χ1v) is 6.69. The first kappa shape index (κ1) is 12.6. The Kier molecular flexibility index (Phi) is 3.67. The zero-order chi connectivity index (χ0) is 13.1. The van der Waals surface area contributed by atoms with Crippen LogP contribution in [0.5, 0.6) is 0 Å². The number of nitrogen functional groups attached to an aromatic ring is 1. The van der Waals surface area contributed by atoms with Crippen LogP contribution in [0.4, 0.5) is 5.00 Å². The average molecular weight is 260 g/mol. The van der Waals surface area contributed by atoms with Gasteiger partial charge in [0.15, 0.2) is 0 Å². The van der Waals surface area contributed by atoms with E-state index in [9.17, 15) is 4.79 Å². The van der Waals surface area contributed by atoms with E-state index in [1.165, 1.54) is 11.3 Å². The fraction of sp³-hybridized carbons (Fsp3) is 0.214. The molecule has 0 aliphatic rings. The van der Waals surface area contributed by atoms with Gasteiger partial charge in [0.25, 0.3) is 5.91 Å². The van der Waals surface area contributed by atoms with Gasteiger partial charge in [0.2, 0.25) is 0 Å². The summed E-state index contributed by atoms with van der Waals surface area (Å²) in [6.07, 6.45) is 0. The zero-order valence-electron chi connectivity index (χ0n) is 10.5. The van der Waals surface area contributed by atoms with E-state index in [0.29, 0.717) is 17.1 Å². The summed E-state index contributed by atoms with van der Waals surface area (Å²) in [6.45, 7) is 4.49. The van der Waals surface area contributed by atoms with Crippen molar-refractivity contribution in [3.8, 4) is 11.1 Å². The first-order valence-electron chi connectivity index (χ1n) is 5.87. The number of aryl methyl sites for hydroxylation is 1. The maximum atomic E-state index is 12.1. The summed E-state index contributed by atoms with van der Waals surface area (Å²) >= 11 is 1.46. The highest BCUT2D eigenvalue weighted by Crippen LogP contribution is 2.37. The summed E-state index contributed by atoms with van der Waals surface area (Å²) < 4.78 is 0. The second-order valence-electron chi connectivity index (χ2n) is 4.00. The van der Waals surface area contributed by atoms with E-state index < -0.39 is 0 Å². The van der Waals surface area contributed by atoms with E-state index in [1.54, 1.807) is 0 Å². The molecule has 2 aromatic rings. The molecule has 3 nitrogen and oxygen atoms in total. The molecular weight excluding hydrogens is 244 g/mol. The van der Waals surface area contributed by atoms with E-state index in [1.807, 2.05) is 44.2 Å². The molecule has 0 aliphatic heterocycles. The number of anilines is 1. The van der Waals surface area contributed by atoms with Gasteiger partial charge in [-0.05, 0) is 19.4 Å². The highest BCUT2D eigenvalue weighted by Gasteiger charge is 2.20. The molecule has 0 saturated carbocycles. The third kappa shape index (κ3) is 2.24. The van der Waals surface area contributed by atoms with Crippen molar-refractivity contribution in [1.29, 1.82) is 0 Å². The van der Waals surface area contributed by atoms with E-state index in [4.69, 9.17) is 5.73 Å². The van der Waals surface area contributed by atoms with Crippen molar-refractivity contribution in [2.75, 3.05) is 12.3 Å². The Morgan fingerprint density at radius 1 is 1.33 bits per heavy atom. The molecule has 18 heavy (non-hydrogen) atoms. The summed E-state index contributed by atoms with van der Waals surface area (Å²) in [5, 5.41) is 3.39. The third-order valence-corrected chi connectivity index (χ3v) is 3.67. The molecule has 0 spiro atoms. The number of nitrogens with two attached hydrogens (primary N) is 1. The number of thiophene rings is 1. The molecule has 2 rings (SSSR count). The molecule has 94 valence electrons. The van der Waals surface area contributed by atoms with Crippen molar-refractivity contribution >= 4 is 22.2 Å². The van der Waals surface area contributed by atoms with Crippen molar-refractivity contribution in [2.24, 2.45) is 0 Å². The van der Waals surface area contributed by atoms with Gasteiger partial charge in [-0.25, -0.2) is 0 Å². The van der Waals surface area contributed by atoms with Crippen molar-refractivity contribution in [2.45, 2.75) is 13.8 Å². The normalized spacial score (nSPS) is 10.3. The second kappa shape index (κ2) is 5.23. The lowest BCUT2D eigenvalue weighted by molar-refractivity contribution is 0.0957. The van der Waals surface area contributed by atoms with Crippen LogP contribution in [0.25, 0.3) is 11.1 Å². The van der Waals surface area contributed by atoms with Crippen LogP contribution in [0.1, 0.15) is 22.2 Å². The molecule has 1 heterocycles. The number of rotatable bonds is 3. The van der Waals surface area contributed by atoms with Gasteiger partial charge in [-0.3, -0.25) is 4.79 Å². The van der Waals surface area contributed by atoms with Crippen LogP contribution in [0.15, 0.2) is 30.3 Å². The highest BCUT2D eigenvalue weighted by atomic mass is 32.1. The molecule has 1 aromatic heterocycles. The minimum Gasteiger partial charge on any atom is -0.390 e. The zero-order valence-corrected chi connectivity index (χ0v) is 11.3. The Morgan fingerprint density at radius 3 is 2.61 bits per heavy atom. The van der Waals surface area contributed by atoms with Crippen LogP contribution in [0.3, 0.4) is 0 Å². The van der Waals surface area contributed by atoms with Crippen LogP contribution >= 0.6 is 11.3 Å². The fourth-order valence-electron chi connectivity index (χ4n) is 1.99. The smallest absolute Gasteiger partial charge is 0.254 e. The van der Waals surface area contributed by atoms with E-state index in [0.717, 1.165) is 16.0 Å². The standard InChI is InChI=1S/C14H16N2OS/c1-3-16-14(17)12-11(9(2)18-13(12)15)10-7-5-4-6-8-10/h4-8H,3,15H2,1-2H3,(H,16,17). The Balaban J connectivity index is 2.57. The number of amides is 1. The Hall–Kier alpha value is -1.81. The molecule has 0 atom stereocenters. The molecule has 0 bridgehead atoms. The molecule has 0 fully saturated rings. The minimum absolute atomic E-state index is 0.0989. The number of nitrogens with one attached hydrogen (secondary N) is 1. The molecule has 1 aromatic carbocycles. The van der Waals surface area contributed by atoms with Gasteiger partial charge in [-0.15, -0.1) is 11.3 Å². The molecule has 0 saturated heterocycles. The average Bonchev–Trinajstić information content (AvgIpc) is 2.65. The monoisotopic (exact) mass is 260 g/mol. The number of hydrogen-bond acceptors (Lipinski definition) is 3. The summed E-state index contributed by atoms with van der Waals surface area (Å²) in [5.74, 6) is -0.0989. The maximum absolute atomic E-state index is 12.1. The lowest BCUT2D eigenvalue weighted by Crippen LogP contribution is -2.23. The fourth-order valence-corrected chi connectivity index (χ4v) is 2.94. The van der Waals surface area contributed by atoms with Gasteiger partial charge in [0.1, 0.15) is 0 Å². The Bertz CT molecular complexity index is 561. The summed E-state index contributed by atoms with van der Waals surface area (Å²) in [7, 11) is 0. The Morgan fingerprint density at radius 2 is 2.00 bits per heavy atom. The van der Waals surface area contributed by atoms with Crippen LogP contribution in [-0.2, 0) is 0 Å². The number of benzene rings is 1. The van der Waals surface area contributed by atoms with Crippen molar-refractivity contribution in [1.82, 2.24) is 5.32 Å². The number of carbonyl (C=O) groups is 1. The molecule has 3 N–H and O–H groups in total. The van der Waals surface area contributed by atoms with Gasteiger partial charge >= 0.3 is 0 Å². The third-order valence-electron chi connectivity index (χ3n) is 2.74. The lowest BCUT2D eigenvalue weighted by atomic mass is 10.0. The van der Waals surface area contributed by atoms with E-state index >= 15 is 0 Å². The summed E-state index contributed by atoms with van der Waals surface area (Å²) in [5.41, 5.74) is 8.55. The topological polar surface area (TPSA) is 55.1 Å². The quantitative estimate of drug-likeness (QED) is 0.891. The summed E-state index contributed by atoms with van der Waals surface area (Å²) in [6, 6.07) is 9.88. The van der Waals surface area contributed by atoms with E-state index in [-0.39, 0.29) is 5.91 Å². The molecule has 0 aliphatic carbocycles. The van der Waals surface area contributed by atoms with Crippen molar-refractivity contribution in [3.63, 3.8) is 0 Å². The van der Waals surface area contributed by atoms with Gasteiger partial charge in [0, 0.05) is 17.0 Å². The predicted octanol–water partition coefficient (Wildman–Crippen LogP) is 3.06. The molecule has 0 radical (unpaired) electrons. The highest BCUT2D eigenvalue weighted by molar-refractivity contribution is 7.16. The Labute approximate surface area is 111 Å². The number of carbonyl (C=O) groups excluding carboxylic acids is 1. The van der Waals surface area contributed by atoms with Gasteiger partial charge in [0.05, 0.1) is 10.6 Å². The van der Waals surface area contributed by atoms with Gasteiger partial charge in [-0.2, -0.15) is 0 Å². The van der Waals surface area contributed by atoms with Gasteiger partial charge < -0.3 is 11.1 Å². The van der Waals surface area contributed by atoms with Crippen molar-refractivity contribution in [3.05, 3.63) is 40.8 Å². The molecule has 0 unspecified atom stereocenters. The van der Waals surface area contributed by atoms with Crippen LogP contribution in [0.2, 0.25) is 0 Å². The van der Waals surface area contributed by atoms with Crippen molar-refractivity contribution < 1.29 is 4.79 Å². The number of hydrogen-bond donors (Lipinski definition) is 2. The minimum atomic E-state index is -0.0989. The first-order chi connectivity index (χ1) is 8.65. The van der Waals surface area contributed by atoms with Crippen LogP contribution in [-0.4, -0.2) is 12.5 Å². The maximum Gasteiger partial charge on any atom is 0.254 e. The largest absolute Gasteiger partial charge is 0.390 e. The lowest BCUT2D eigenvalue weighted by Gasteiger charge is -2.07. The summed E-state index contributed by atoms with van der Waals surface area (Å²) in [4.78, 5) is 13.2. The van der Waals surface area contributed by atoms with E-state index in [2.05, 4.69) is 5.32 Å². The molecular formula is C14H16N2OS. The second-order valence-corrected chi connectivity index (χ2v) is 5.25. The van der Waals surface area contributed by atoms with Gasteiger partial charge in [-0.1, -0.05) is 30.3 Å². The van der Waals surface area contributed by atoms with Crippen LogP contribution in [0, 0.1) is 6.92 Å². The molecule has 4 heteroatoms. The van der Waals surface area contributed by atoms with Crippen LogP contribution < -0.4 is 11.1 Å². The molecule has 1 amide bonds. The SMILES string of the molecule is CCNC(=O)c1c(N)sc(C)c1-c1ccccc1. The predicted molar refractivity (Wildman–Crippen MR) is 76.9 cm³/mol.